The molecule has 136 valence electrons. The zero-order valence-electron chi connectivity index (χ0n) is 14.2. The Morgan fingerprint density at radius 2 is 1.85 bits per heavy atom. The van der Waals surface area contributed by atoms with Crippen molar-refractivity contribution in [3.05, 3.63) is 41.7 Å². The van der Waals surface area contributed by atoms with Crippen molar-refractivity contribution in [2.45, 2.75) is 0 Å². The summed E-state index contributed by atoms with van der Waals surface area (Å²) in [6.45, 7) is 1.98. The molecule has 0 bridgehead atoms. The average molecular weight is 376 g/mol. The predicted molar refractivity (Wildman–Crippen MR) is 97.5 cm³/mol. The molecular weight excluding hydrogens is 358 g/mol. The highest BCUT2D eigenvalue weighted by atomic mass is 35.5. The number of anilines is 2. The first kappa shape index (κ1) is 17.9. The fourth-order valence-electron chi connectivity index (χ4n) is 2.64. The van der Waals surface area contributed by atoms with Crippen molar-refractivity contribution in [3.8, 4) is 5.75 Å². The number of amides is 2. The molecule has 3 rings (SSSR count). The second-order valence-corrected chi connectivity index (χ2v) is 6.04. The van der Waals surface area contributed by atoms with E-state index in [1.54, 1.807) is 30.6 Å². The number of hydrogen-bond donors (Lipinski definition) is 1. The molecule has 1 fully saturated rings. The Labute approximate surface area is 155 Å². The van der Waals surface area contributed by atoms with Crippen molar-refractivity contribution in [1.29, 1.82) is 0 Å². The van der Waals surface area contributed by atoms with Gasteiger partial charge in [-0.1, -0.05) is 11.6 Å². The van der Waals surface area contributed by atoms with Gasteiger partial charge in [-0.15, -0.1) is 0 Å². The van der Waals surface area contributed by atoms with Gasteiger partial charge in [0.15, 0.2) is 0 Å². The molecule has 2 aromatic rings. The van der Waals surface area contributed by atoms with E-state index in [4.69, 9.17) is 16.3 Å². The second-order valence-electron chi connectivity index (χ2n) is 5.63. The molecule has 1 aliphatic heterocycles. The van der Waals surface area contributed by atoms with E-state index >= 15 is 0 Å². The summed E-state index contributed by atoms with van der Waals surface area (Å²) < 4.78 is 5.06. The molecule has 0 radical (unpaired) electrons. The van der Waals surface area contributed by atoms with E-state index in [1.807, 2.05) is 4.90 Å². The number of rotatable bonds is 3. The van der Waals surface area contributed by atoms with Crippen LogP contribution in [0.1, 0.15) is 0 Å². The van der Waals surface area contributed by atoms with Gasteiger partial charge in [0, 0.05) is 44.3 Å². The summed E-state index contributed by atoms with van der Waals surface area (Å²) in [6, 6.07) is 6.54. The van der Waals surface area contributed by atoms with Crippen molar-refractivity contribution in [2.24, 2.45) is 0 Å². The minimum absolute atomic E-state index is 0.356. The van der Waals surface area contributed by atoms with Crippen LogP contribution in [0.25, 0.3) is 0 Å². The van der Waals surface area contributed by atoms with E-state index in [1.165, 1.54) is 18.1 Å². The number of hydrogen-bond acceptors (Lipinski definition) is 6. The molecular formula is C17H18ClN5O3. The standard InChI is InChI=1S/C17H18ClN5O3/c1-26-14-4-3-12(11-13(14)18)21-15(24)16(25)22-7-9-23(10-8-22)17-19-5-2-6-20-17/h2-6,11H,7-10H2,1H3,(H,21,24). The summed E-state index contributed by atoms with van der Waals surface area (Å²) in [4.78, 5) is 36.5. The third-order valence-corrected chi connectivity index (χ3v) is 4.30. The monoisotopic (exact) mass is 375 g/mol. The molecule has 8 nitrogen and oxygen atoms in total. The van der Waals surface area contributed by atoms with E-state index in [-0.39, 0.29) is 0 Å². The zero-order chi connectivity index (χ0) is 18.5. The molecule has 2 amide bonds. The van der Waals surface area contributed by atoms with Gasteiger partial charge in [-0.2, -0.15) is 0 Å². The quantitative estimate of drug-likeness (QED) is 0.816. The summed E-state index contributed by atoms with van der Waals surface area (Å²) in [6.07, 6.45) is 3.35. The lowest BCUT2D eigenvalue weighted by atomic mass is 10.2. The number of halogens is 1. The highest BCUT2D eigenvalue weighted by molar-refractivity contribution is 6.39. The van der Waals surface area contributed by atoms with Crippen molar-refractivity contribution in [3.63, 3.8) is 0 Å². The molecule has 0 saturated carbocycles. The smallest absolute Gasteiger partial charge is 0.313 e. The van der Waals surface area contributed by atoms with Crippen LogP contribution >= 0.6 is 11.6 Å². The first-order valence-electron chi connectivity index (χ1n) is 8.04. The molecule has 0 spiro atoms. The van der Waals surface area contributed by atoms with Gasteiger partial charge in [0.25, 0.3) is 0 Å². The highest BCUT2D eigenvalue weighted by Crippen LogP contribution is 2.27. The molecule has 0 aliphatic carbocycles. The Bertz CT molecular complexity index is 794. The van der Waals surface area contributed by atoms with Gasteiger partial charge in [0.1, 0.15) is 5.75 Å². The Morgan fingerprint density at radius 3 is 2.46 bits per heavy atom. The fourth-order valence-corrected chi connectivity index (χ4v) is 2.89. The molecule has 1 aliphatic rings. The molecule has 1 aromatic heterocycles. The van der Waals surface area contributed by atoms with E-state index in [9.17, 15) is 9.59 Å². The molecule has 9 heteroatoms. The number of carbonyl (C=O) groups excluding carboxylic acids is 2. The molecule has 26 heavy (non-hydrogen) atoms. The average Bonchev–Trinajstić information content (AvgIpc) is 2.68. The van der Waals surface area contributed by atoms with Crippen LogP contribution < -0.4 is 15.0 Å². The summed E-state index contributed by atoms with van der Waals surface area (Å²) >= 11 is 6.03. The van der Waals surface area contributed by atoms with Crippen LogP contribution in [-0.2, 0) is 9.59 Å². The summed E-state index contributed by atoms with van der Waals surface area (Å²) in [7, 11) is 1.50. The van der Waals surface area contributed by atoms with E-state index in [0.29, 0.717) is 48.6 Å². The fraction of sp³-hybridized carbons (Fsp3) is 0.294. The summed E-state index contributed by atoms with van der Waals surface area (Å²) in [5.74, 6) is -0.159. The van der Waals surface area contributed by atoms with Gasteiger partial charge in [-0.05, 0) is 24.3 Å². The molecule has 1 N–H and O–H groups in total. The molecule has 0 unspecified atom stereocenters. The third kappa shape index (κ3) is 4.02. The molecule has 1 aromatic carbocycles. The number of nitrogens with one attached hydrogen (secondary N) is 1. The van der Waals surface area contributed by atoms with Crippen molar-refractivity contribution in [1.82, 2.24) is 14.9 Å². The van der Waals surface area contributed by atoms with Crippen LogP contribution in [0.15, 0.2) is 36.7 Å². The van der Waals surface area contributed by atoms with Crippen LogP contribution in [-0.4, -0.2) is 60.0 Å². The number of nitrogens with zero attached hydrogens (tertiary/aromatic N) is 4. The lowest BCUT2D eigenvalue weighted by molar-refractivity contribution is -0.143. The second kappa shape index (κ2) is 8.01. The van der Waals surface area contributed by atoms with Crippen molar-refractivity contribution < 1.29 is 14.3 Å². The maximum atomic E-state index is 12.4. The topological polar surface area (TPSA) is 87.7 Å². The number of carbonyl (C=O) groups is 2. The zero-order valence-corrected chi connectivity index (χ0v) is 14.9. The third-order valence-electron chi connectivity index (χ3n) is 4.01. The van der Waals surface area contributed by atoms with Gasteiger partial charge in [-0.25, -0.2) is 9.97 Å². The first-order valence-corrected chi connectivity index (χ1v) is 8.42. The number of methoxy groups -OCH3 is 1. The Morgan fingerprint density at radius 1 is 1.15 bits per heavy atom. The SMILES string of the molecule is COc1ccc(NC(=O)C(=O)N2CCN(c3ncccn3)CC2)cc1Cl. The Balaban J connectivity index is 1.56. The highest BCUT2D eigenvalue weighted by Gasteiger charge is 2.27. The lowest BCUT2D eigenvalue weighted by Crippen LogP contribution is -2.52. The molecule has 0 atom stereocenters. The van der Waals surface area contributed by atoms with Crippen LogP contribution in [0, 0.1) is 0 Å². The van der Waals surface area contributed by atoms with Gasteiger partial charge < -0.3 is 19.9 Å². The van der Waals surface area contributed by atoms with E-state index in [2.05, 4.69) is 15.3 Å². The summed E-state index contributed by atoms with van der Waals surface area (Å²) in [5.41, 5.74) is 0.436. The van der Waals surface area contributed by atoms with E-state index < -0.39 is 11.8 Å². The molecule has 2 heterocycles. The van der Waals surface area contributed by atoms with Crippen molar-refractivity contribution >= 4 is 35.1 Å². The predicted octanol–water partition coefficient (Wildman–Crippen LogP) is 1.43. The normalized spacial score (nSPS) is 14.1. The Hall–Kier alpha value is -2.87. The molecule has 1 saturated heterocycles. The maximum Gasteiger partial charge on any atom is 0.313 e. The van der Waals surface area contributed by atoms with Crippen LogP contribution in [0.2, 0.25) is 5.02 Å². The minimum atomic E-state index is -0.698. The van der Waals surface area contributed by atoms with Gasteiger partial charge in [0.2, 0.25) is 5.95 Å². The summed E-state index contributed by atoms with van der Waals surface area (Å²) in [5, 5.41) is 2.92. The largest absolute Gasteiger partial charge is 0.495 e. The number of benzene rings is 1. The number of aromatic nitrogens is 2. The maximum absolute atomic E-state index is 12.4. The van der Waals surface area contributed by atoms with Gasteiger partial charge in [-0.3, -0.25) is 9.59 Å². The van der Waals surface area contributed by atoms with Crippen LogP contribution in [0.4, 0.5) is 11.6 Å². The number of piperazine rings is 1. The minimum Gasteiger partial charge on any atom is -0.495 e. The first-order chi connectivity index (χ1) is 12.6. The number of ether oxygens (including phenoxy) is 1. The lowest BCUT2D eigenvalue weighted by Gasteiger charge is -2.34. The Kier molecular flexibility index (Phi) is 5.52. The van der Waals surface area contributed by atoms with Crippen molar-refractivity contribution in [2.75, 3.05) is 43.5 Å². The van der Waals surface area contributed by atoms with Gasteiger partial charge >= 0.3 is 11.8 Å². The van der Waals surface area contributed by atoms with E-state index in [0.717, 1.165) is 0 Å². The van der Waals surface area contributed by atoms with Crippen LogP contribution in [0.3, 0.4) is 0 Å². The van der Waals surface area contributed by atoms with Gasteiger partial charge in [0.05, 0.1) is 12.1 Å². The van der Waals surface area contributed by atoms with Crippen LogP contribution in [0.5, 0.6) is 5.75 Å².